The van der Waals surface area contributed by atoms with Gasteiger partial charge in [0.2, 0.25) is 0 Å². The van der Waals surface area contributed by atoms with E-state index in [0.717, 1.165) is 31.3 Å². The van der Waals surface area contributed by atoms with E-state index in [1.165, 1.54) is 27.9 Å². The van der Waals surface area contributed by atoms with Crippen LogP contribution in [-0.4, -0.2) is 10.7 Å². The van der Waals surface area contributed by atoms with Gasteiger partial charge < -0.3 is 5.11 Å². The molecule has 1 nitrogen and oxygen atoms in total. The van der Waals surface area contributed by atoms with Gasteiger partial charge in [0.05, 0.1) is 5.60 Å². The second kappa shape index (κ2) is 19.0. The minimum Gasteiger partial charge on any atom is -0.390 e. The van der Waals surface area contributed by atoms with Crippen LogP contribution >= 0.6 is 0 Å². The number of rotatable bonds is 14. The molecule has 0 radical (unpaired) electrons. The highest BCUT2D eigenvalue weighted by Crippen LogP contribution is 2.44. The first-order chi connectivity index (χ1) is 19.0. The minimum atomic E-state index is -0.653. The van der Waals surface area contributed by atoms with E-state index >= 15 is 0 Å². The maximum atomic E-state index is 10.8. The Labute approximate surface area is 246 Å². The number of aliphatic hydroxyl groups is 1. The van der Waals surface area contributed by atoms with Crippen molar-refractivity contribution in [3.05, 3.63) is 143 Å². The summed E-state index contributed by atoms with van der Waals surface area (Å²) in [6.07, 6.45) is 40.2. The lowest BCUT2D eigenvalue weighted by Crippen LogP contribution is -2.30. The van der Waals surface area contributed by atoms with Crippen molar-refractivity contribution in [3.63, 3.8) is 0 Å². The molecule has 0 saturated heterocycles. The molecule has 0 amide bonds. The van der Waals surface area contributed by atoms with Gasteiger partial charge in [-0.1, -0.05) is 143 Å². The Balaban J connectivity index is 2.60. The van der Waals surface area contributed by atoms with Gasteiger partial charge in [-0.25, -0.2) is 0 Å². The van der Waals surface area contributed by atoms with Gasteiger partial charge in [0.1, 0.15) is 0 Å². The molecule has 1 heteroatoms. The van der Waals surface area contributed by atoms with Crippen molar-refractivity contribution in [1.82, 2.24) is 0 Å². The zero-order valence-electron chi connectivity index (χ0n) is 26.5. The summed E-state index contributed by atoms with van der Waals surface area (Å²) in [5.74, 6) is 0.485. The van der Waals surface area contributed by atoms with Gasteiger partial charge in [-0.05, 0) is 87.0 Å². The first-order valence-electron chi connectivity index (χ1n) is 14.7. The van der Waals surface area contributed by atoms with Gasteiger partial charge in [-0.2, -0.15) is 0 Å². The quantitative estimate of drug-likeness (QED) is 0.172. The second-order valence-electron chi connectivity index (χ2n) is 11.5. The normalized spacial score (nSPS) is 24.5. The van der Waals surface area contributed by atoms with Gasteiger partial charge in [0.25, 0.3) is 0 Å². The van der Waals surface area contributed by atoms with Crippen LogP contribution in [0.5, 0.6) is 0 Å². The SMILES string of the molecule is C=C(C)[C@H]1CC[C@@](C)(O)[C@@H]1/C=C/C(C)=C/C=C/C(C)=C/C=C/C=C(C)/C=C(C)/C=C/C=C/C=C(\C)CC/C=C/C. The molecule has 3 atom stereocenters. The summed E-state index contributed by atoms with van der Waals surface area (Å²) in [6.45, 7) is 20.8. The molecule has 40 heavy (non-hydrogen) atoms. The predicted molar refractivity (Wildman–Crippen MR) is 180 cm³/mol. The Hall–Kier alpha value is -3.16. The summed E-state index contributed by atoms with van der Waals surface area (Å²) in [7, 11) is 0. The zero-order valence-corrected chi connectivity index (χ0v) is 26.5. The molecule has 0 unspecified atom stereocenters. The Morgan fingerprint density at radius 2 is 1.38 bits per heavy atom. The van der Waals surface area contributed by atoms with Crippen molar-refractivity contribution in [2.75, 3.05) is 0 Å². The summed E-state index contributed by atoms with van der Waals surface area (Å²) < 4.78 is 0. The second-order valence-corrected chi connectivity index (χ2v) is 11.5. The Morgan fingerprint density at radius 3 is 2.05 bits per heavy atom. The molecule has 1 N–H and O–H groups in total. The van der Waals surface area contributed by atoms with E-state index in [1.807, 2.05) is 6.92 Å². The fourth-order valence-corrected chi connectivity index (χ4v) is 4.76. The van der Waals surface area contributed by atoms with E-state index in [1.54, 1.807) is 0 Å². The lowest BCUT2D eigenvalue weighted by atomic mass is 9.83. The average molecular weight is 539 g/mol. The molecule has 1 saturated carbocycles. The highest BCUT2D eigenvalue weighted by molar-refractivity contribution is 5.33. The van der Waals surface area contributed by atoms with Crippen LogP contribution in [0.3, 0.4) is 0 Å². The topological polar surface area (TPSA) is 20.2 Å². The molecule has 1 aliphatic rings. The maximum absolute atomic E-state index is 10.8. The largest absolute Gasteiger partial charge is 0.390 e. The summed E-state index contributed by atoms with van der Waals surface area (Å²) in [5, 5.41) is 10.8. The van der Waals surface area contributed by atoms with E-state index in [2.05, 4.69) is 158 Å². The van der Waals surface area contributed by atoms with Gasteiger partial charge in [0.15, 0.2) is 0 Å². The molecule has 1 rings (SSSR count). The first kappa shape index (κ1) is 34.9. The third-order valence-electron chi connectivity index (χ3n) is 7.22. The lowest BCUT2D eigenvalue weighted by molar-refractivity contribution is 0.0331. The summed E-state index contributed by atoms with van der Waals surface area (Å²) >= 11 is 0. The third-order valence-corrected chi connectivity index (χ3v) is 7.22. The lowest BCUT2D eigenvalue weighted by Gasteiger charge is -2.27. The Bertz CT molecular complexity index is 1150. The number of allylic oxidation sites excluding steroid dienone is 22. The van der Waals surface area contributed by atoms with Crippen LogP contribution in [0.15, 0.2) is 143 Å². The van der Waals surface area contributed by atoms with Crippen LogP contribution in [0.25, 0.3) is 0 Å². The number of hydrogen-bond donors (Lipinski definition) is 1. The molecule has 0 heterocycles. The first-order valence-corrected chi connectivity index (χ1v) is 14.7. The monoisotopic (exact) mass is 538 g/mol. The van der Waals surface area contributed by atoms with Crippen molar-refractivity contribution in [1.29, 1.82) is 0 Å². The standard InChI is InChI=1S/C39H54O/c1-10-11-13-19-32(4)20-14-12-15-22-35(7)30-36(8)23-17-16-21-33(5)24-18-25-34(6)26-27-38-37(31(2)3)28-29-39(38,9)40/h10-12,14-18,20-27,30,37-38,40H,2,13,19,28-29H2,1,3-9H3/b11-10+,14-12+,17-16+,22-15+,24-18+,27-26+,32-20+,33-21+,34-25+,35-30+,36-23+/t37-,38-,39-/m1/s1. The van der Waals surface area contributed by atoms with Gasteiger partial charge >= 0.3 is 0 Å². The highest BCUT2D eigenvalue weighted by atomic mass is 16.3. The molecule has 0 aromatic carbocycles. The fourth-order valence-electron chi connectivity index (χ4n) is 4.76. The van der Waals surface area contributed by atoms with Crippen LogP contribution < -0.4 is 0 Å². The predicted octanol–water partition coefficient (Wildman–Crippen LogP) is 11.2. The van der Waals surface area contributed by atoms with Crippen LogP contribution in [-0.2, 0) is 0 Å². The van der Waals surface area contributed by atoms with Crippen LogP contribution in [0, 0.1) is 11.8 Å². The number of hydrogen-bond acceptors (Lipinski definition) is 1. The van der Waals surface area contributed by atoms with Crippen molar-refractivity contribution in [3.8, 4) is 0 Å². The maximum Gasteiger partial charge on any atom is 0.0688 e. The van der Waals surface area contributed by atoms with Gasteiger partial charge in [0, 0.05) is 5.92 Å². The molecule has 0 spiro atoms. The van der Waals surface area contributed by atoms with Crippen molar-refractivity contribution in [2.24, 2.45) is 11.8 Å². The molecule has 0 aliphatic heterocycles. The highest BCUT2D eigenvalue weighted by Gasteiger charge is 2.42. The van der Waals surface area contributed by atoms with E-state index < -0.39 is 5.60 Å². The van der Waals surface area contributed by atoms with Crippen LogP contribution in [0.1, 0.15) is 81.1 Å². The smallest absolute Gasteiger partial charge is 0.0688 e. The van der Waals surface area contributed by atoms with Crippen molar-refractivity contribution < 1.29 is 5.11 Å². The summed E-state index contributed by atoms with van der Waals surface area (Å²) in [6, 6.07) is 0. The van der Waals surface area contributed by atoms with E-state index in [9.17, 15) is 5.11 Å². The molecule has 0 aromatic heterocycles. The molecule has 0 aromatic rings. The van der Waals surface area contributed by atoms with Crippen LogP contribution in [0.2, 0.25) is 0 Å². The zero-order chi connectivity index (χ0) is 30.0. The molecule has 1 aliphatic carbocycles. The minimum absolute atomic E-state index is 0.127. The summed E-state index contributed by atoms with van der Waals surface area (Å²) in [4.78, 5) is 0. The molecule has 1 fully saturated rings. The van der Waals surface area contributed by atoms with E-state index in [4.69, 9.17) is 0 Å². The molecule has 0 bridgehead atoms. The van der Waals surface area contributed by atoms with Gasteiger partial charge in [-0.3, -0.25) is 0 Å². The average Bonchev–Trinajstić information content (AvgIpc) is 3.19. The van der Waals surface area contributed by atoms with Crippen molar-refractivity contribution in [2.45, 2.75) is 86.7 Å². The van der Waals surface area contributed by atoms with Gasteiger partial charge in [-0.15, -0.1) is 0 Å². The molecular formula is C39H54O. The van der Waals surface area contributed by atoms with Crippen molar-refractivity contribution >= 4 is 0 Å². The van der Waals surface area contributed by atoms with Crippen LogP contribution in [0.4, 0.5) is 0 Å². The van der Waals surface area contributed by atoms with E-state index in [-0.39, 0.29) is 5.92 Å². The third kappa shape index (κ3) is 14.8. The van der Waals surface area contributed by atoms with E-state index in [0.29, 0.717) is 5.92 Å². The fraction of sp³-hybridized carbons (Fsp3) is 0.385. The molecular weight excluding hydrogens is 484 g/mol. The molecule has 216 valence electrons. The summed E-state index contributed by atoms with van der Waals surface area (Å²) in [5.41, 5.74) is 6.69. The Kier molecular flexibility index (Phi) is 16.6. The Morgan fingerprint density at radius 1 is 0.775 bits per heavy atom.